The molecule has 0 amide bonds. The highest BCUT2D eigenvalue weighted by Crippen LogP contribution is 2.06. The summed E-state index contributed by atoms with van der Waals surface area (Å²) in [5.74, 6) is 0.819. The first kappa shape index (κ1) is 18.3. The van der Waals surface area contributed by atoms with Crippen molar-refractivity contribution in [2.75, 3.05) is 21.3 Å². The van der Waals surface area contributed by atoms with Gasteiger partial charge in [-0.1, -0.05) is 70.6 Å². The first-order valence-electron chi connectivity index (χ1n) is 4.54. The number of aliphatic hydroxyl groups is 1. The molecule has 0 saturated heterocycles. The van der Waals surface area contributed by atoms with Crippen LogP contribution in [0.1, 0.15) is 19.8 Å². The number of aliphatic hydroxyl groups excluding tert-OH is 1. The molecule has 0 aromatic heterocycles. The molecule has 2 unspecified atom stereocenters. The Bertz CT molecular complexity index is 90.8. The fraction of sp³-hybridized carbons (Fsp3) is 1.00. The SMILES string of the molecule is CC(CBr)CCBr.OC(CBr)CCBr. The van der Waals surface area contributed by atoms with Gasteiger partial charge in [0.05, 0.1) is 6.10 Å². The van der Waals surface area contributed by atoms with Crippen LogP contribution in [0.15, 0.2) is 0 Å². The van der Waals surface area contributed by atoms with Crippen LogP contribution in [0.3, 0.4) is 0 Å². The summed E-state index contributed by atoms with van der Waals surface area (Å²) < 4.78 is 0. The largest absolute Gasteiger partial charge is 0.392 e. The molecular weight excluding hydrogens is 444 g/mol. The normalized spacial score (nSPS) is 14.1. The predicted octanol–water partition coefficient (Wildman–Crippen LogP) is 4.33. The van der Waals surface area contributed by atoms with E-state index in [4.69, 9.17) is 5.11 Å². The van der Waals surface area contributed by atoms with E-state index >= 15 is 0 Å². The van der Waals surface area contributed by atoms with Gasteiger partial charge in [-0.2, -0.15) is 0 Å². The summed E-state index contributed by atoms with van der Waals surface area (Å²) in [6.07, 6.45) is 1.91. The van der Waals surface area contributed by atoms with Gasteiger partial charge in [-0.05, 0) is 18.8 Å². The van der Waals surface area contributed by atoms with Gasteiger partial charge in [0.2, 0.25) is 0 Å². The minimum absolute atomic E-state index is 0.181. The Kier molecular flexibility index (Phi) is 19.4. The second kappa shape index (κ2) is 14.9. The van der Waals surface area contributed by atoms with Crippen LogP contribution in [-0.2, 0) is 0 Å². The van der Waals surface area contributed by atoms with Crippen LogP contribution in [0.2, 0.25) is 0 Å². The van der Waals surface area contributed by atoms with Gasteiger partial charge in [0.25, 0.3) is 0 Å². The topological polar surface area (TPSA) is 20.2 Å². The highest BCUT2D eigenvalue weighted by atomic mass is 79.9. The summed E-state index contributed by atoms with van der Waals surface area (Å²) in [5.41, 5.74) is 0. The van der Waals surface area contributed by atoms with Crippen molar-refractivity contribution in [2.24, 2.45) is 5.92 Å². The highest BCUT2D eigenvalue weighted by molar-refractivity contribution is 9.09. The lowest BCUT2D eigenvalue weighted by Gasteiger charge is -2.00. The van der Waals surface area contributed by atoms with Gasteiger partial charge in [-0.25, -0.2) is 0 Å². The Morgan fingerprint density at radius 1 is 0.929 bits per heavy atom. The van der Waals surface area contributed by atoms with E-state index in [1.807, 2.05) is 0 Å². The van der Waals surface area contributed by atoms with Crippen LogP contribution in [0, 0.1) is 5.92 Å². The molecule has 0 aliphatic carbocycles. The molecule has 0 rings (SSSR count). The molecule has 1 nitrogen and oxygen atoms in total. The second-order valence-electron chi connectivity index (χ2n) is 3.02. The zero-order chi connectivity index (χ0) is 11.4. The minimum Gasteiger partial charge on any atom is -0.392 e. The van der Waals surface area contributed by atoms with Crippen molar-refractivity contribution < 1.29 is 5.11 Å². The molecule has 0 spiro atoms. The Morgan fingerprint density at radius 3 is 1.57 bits per heavy atom. The Morgan fingerprint density at radius 2 is 1.43 bits per heavy atom. The summed E-state index contributed by atoms with van der Waals surface area (Å²) >= 11 is 13.1. The van der Waals surface area contributed by atoms with Crippen LogP contribution in [0.4, 0.5) is 0 Å². The third kappa shape index (κ3) is 16.3. The third-order valence-electron chi connectivity index (χ3n) is 1.49. The summed E-state index contributed by atoms with van der Waals surface area (Å²) in [5, 5.41) is 12.6. The third-order valence-corrected chi connectivity index (χ3v) is 4.25. The van der Waals surface area contributed by atoms with Gasteiger partial charge in [0, 0.05) is 21.3 Å². The predicted molar refractivity (Wildman–Crippen MR) is 79.6 cm³/mol. The zero-order valence-corrected chi connectivity index (χ0v) is 14.7. The van der Waals surface area contributed by atoms with E-state index in [-0.39, 0.29) is 6.10 Å². The summed E-state index contributed by atoms with van der Waals surface area (Å²) in [7, 11) is 0. The molecule has 0 aliphatic rings. The summed E-state index contributed by atoms with van der Waals surface area (Å²) in [6.45, 7) is 2.23. The maximum absolute atomic E-state index is 8.78. The van der Waals surface area contributed by atoms with Gasteiger partial charge in [0.15, 0.2) is 0 Å². The number of rotatable bonds is 6. The Balaban J connectivity index is 0. The first-order chi connectivity index (χ1) is 6.62. The second-order valence-corrected chi connectivity index (χ2v) is 5.90. The maximum atomic E-state index is 8.78. The molecule has 0 bridgehead atoms. The van der Waals surface area contributed by atoms with Crippen molar-refractivity contribution >= 4 is 63.7 Å². The fourth-order valence-electron chi connectivity index (χ4n) is 0.467. The van der Waals surface area contributed by atoms with Gasteiger partial charge in [-0.3, -0.25) is 0 Å². The lowest BCUT2D eigenvalue weighted by Crippen LogP contribution is -2.07. The van der Waals surface area contributed by atoms with E-state index < -0.39 is 0 Å². The minimum atomic E-state index is -0.181. The van der Waals surface area contributed by atoms with E-state index in [2.05, 4.69) is 70.6 Å². The van der Waals surface area contributed by atoms with Crippen LogP contribution in [0.25, 0.3) is 0 Å². The average Bonchev–Trinajstić information content (AvgIpc) is 2.19. The van der Waals surface area contributed by atoms with Crippen molar-refractivity contribution in [2.45, 2.75) is 25.9 Å². The molecule has 0 heterocycles. The summed E-state index contributed by atoms with van der Waals surface area (Å²) in [4.78, 5) is 0. The van der Waals surface area contributed by atoms with Crippen LogP contribution in [-0.4, -0.2) is 32.5 Å². The lowest BCUT2D eigenvalue weighted by molar-refractivity contribution is 0.198. The van der Waals surface area contributed by atoms with Crippen molar-refractivity contribution in [1.29, 1.82) is 0 Å². The quantitative estimate of drug-likeness (QED) is 0.584. The molecule has 5 heteroatoms. The van der Waals surface area contributed by atoms with Crippen LogP contribution < -0.4 is 0 Å². The molecular formula is C9H18Br4O. The van der Waals surface area contributed by atoms with E-state index in [1.165, 1.54) is 6.42 Å². The van der Waals surface area contributed by atoms with Crippen LogP contribution in [0.5, 0.6) is 0 Å². The summed E-state index contributed by atoms with van der Waals surface area (Å²) in [6, 6.07) is 0. The van der Waals surface area contributed by atoms with Crippen LogP contribution >= 0.6 is 63.7 Å². The lowest BCUT2D eigenvalue weighted by atomic mass is 10.2. The van der Waals surface area contributed by atoms with Gasteiger partial charge < -0.3 is 5.11 Å². The molecule has 0 aromatic carbocycles. The zero-order valence-electron chi connectivity index (χ0n) is 8.36. The number of halogens is 4. The van der Waals surface area contributed by atoms with E-state index in [1.54, 1.807) is 0 Å². The average molecular weight is 462 g/mol. The number of alkyl halides is 4. The Labute approximate surface area is 121 Å². The van der Waals surface area contributed by atoms with Crippen molar-refractivity contribution in [3.05, 3.63) is 0 Å². The molecule has 2 atom stereocenters. The van der Waals surface area contributed by atoms with Gasteiger partial charge in [0.1, 0.15) is 0 Å². The number of hydrogen-bond acceptors (Lipinski definition) is 1. The molecule has 88 valence electrons. The van der Waals surface area contributed by atoms with E-state index in [9.17, 15) is 0 Å². The molecule has 0 fully saturated rings. The molecule has 14 heavy (non-hydrogen) atoms. The number of hydrogen-bond donors (Lipinski definition) is 1. The van der Waals surface area contributed by atoms with E-state index in [0.29, 0.717) is 5.33 Å². The van der Waals surface area contributed by atoms with Crippen molar-refractivity contribution in [3.63, 3.8) is 0 Å². The highest BCUT2D eigenvalue weighted by Gasteiger charge is 1.96. The smallest absolute Gasteiger partial charge is 0.0644 e. The molecule has 0 aromatic rings. The fourth-order valence-corrected chi connectivity index (χ4v) is 2.42. The Hall–Kier alpha value is 1.88. The molecule has 0 saturated carbocycles. The molecule has 1 N–H and O–H groups in total. The maximum Gasteiger partial charge on any atom is 0.0644 e. The monoisotopic (exact) mass is 458 g/mol. The first-order valence-corrected chi connectivity index (χ1v) is 9.02. The van der Waals surface area contributed by atoms with Crippen molar-refractivity contribution in [3.8, 4) is 0 Å². The van der Waals surface area contributed by atoms with Crippen molar-refractivity contribution in [1.82, 2.24) is 0 Å². The van der Waals surface area contributed by atoms with E-state index in [0.717, 1.165) is 28.3 Å². The molecule has 0 aliphatic heterocycles. The molecule has 0 radical (unpaired) electrons. The standard InChI is InChI=1S/C5H10Br2.C4H8Br2O/c1-5(4-7)2-3-6;5-2-1-4(7)3-6/h5H,2-4H2,1H3;4,7H,1-3H2. The van der Waals surface area contributed by atoms with Gasteiger partial charge >= 0.3 is 0 Å². The van der Waals surface area contributed by atoms with Gasteiger partial charge in [-0.15, -0.1) is 0 Å².